The lowest BCUT2D eigenvalue weighted by Crippen LogP contribution is -2.41. The van der Waals surface area contributed by atoms with E-state index in [2.05, 4.69) is 15.8 Å². The van der Waals surface area contributed by atoms with Gasteiger partial charge in [-0.3, -0.25) is 20.4 Å². The summed E-state index contributed by atoms with van der Waals surface area (Å²) in [6.07, 6.45) is 1.09. The van der Waals surface area contributed by atoms with Crippen molar-refractivity contribution in [2.24, 2.45) is 0 Å². The highest BCUT2D eigenvalue weighted by molar-refractivity contribution is 7.90. The molecule has 2 N–H and O–H groups in total. The molecule has 0 radical (unpaired) electrons. The minimum atomic E-state index is -3.34. The molecule has 28 heavy (non-hydrogen) atoms. The Hall–Kier alpha value is -3.20. The van der Waals surface area contributed by atoms with Crippen molar-refractivity contribution in [3.63, 3.8) is 0 Å². The van der Waals surface area contributed by atoms with Crippen LogP contribution in [0.2, 0.25) is 0 Å². The molecule has 0 aliphatic rings. The van der Waals surface area contributed by atoms with Crippen molar-refractivity contribution in [1.29, 1.82) is 0 Å². The molecule has 3 rings (SSSR count). The number of aromatic nitrogens is 2. The predicted octanol–water partition coefficient (Wildman–Crippen LogP) is 1.84. The number of imidazole rings is 1. The van der Waals surface area contributed by atoms with Crippen molar-refractivity contribution in [3.05, 3.63) is 59.4 Å². The van der Waals surface area contributed by atoms with E-state index in [9.17, 15) is 18.0 Å². The van der Waals surface area contributed by atoms with E-state index >= 15 is 0 Å². The molecule has 0 saturated carbocycles. The van der Waals surface area contributed by atoms with Crippen LogP contribution in [0, 0.1) is 6.92 Å². The number of hydrazine groups is 1. The van der Waals surface area contributed by atoms with Crippen LogP contribution in [0.5, 0.6) is 0 Å². The zero-order chi connectivity index (χ0) is 20.5. The zero-order valence-electron chi connectivity index (χ0n) is 15.7. The fraction of sp³-hybridized carbons (Fsp3) is 0.211. The lowest BCUT2D eigenvalue weighted by Gasteiger charge is -2.08. The maximum atomic E-state index is 12.3. The van der Waals surface area contributed by atoms with Crippen LogP contribution in [-0.4, -0.2) is 36.0 Å². The Morgan fingerprint density at radius 2 is 1.57 bits per heavy atom. The summed E-state index contributed by atoms with van der Waals surface area (Å²) in [6, 6.07) is 10.6. The van der Waals surface area contributed by atoms with Crippen LogP contribution < -0.4 is 10.9 Å². The Balaban J connectivity index is 1.69. The molecule has 2 aromatic carbocycles. The van der Waals surface area contributed by atoms with Crippen molar-refractivity contribution in [1.82, 2.24) is 20.4 Å². The topological polar surface area (TPSA) is 110 Å². The average Bonchev–Trinajstić information content (AvgIpc) is 2.99. The number of hydrogen-bond acceptors (Lipinski definition) is 5. The van der Waals surface area contributed by atoms with Crippen LogP contribution in [-0.2, 0) is 16.4 Å². The number of carbonyl (C=O) groups is 2. The highest BCUT2D eigenvalue weighted by atomic mass is 32.2. The van der Waals surface area contributed by atoms with E-state index in [1.807, 2.05) is 24.5 Å². The van der Waals surface area contributed by atoms with Gasteiger partial charge in [0, 0.05) is 23.9 Å². The second kappa shape index (κ2) is 7.43. The summed E-state index contributed by atoms with van der Waals surface area (Å²) in [7, 11) is -3.34. The Bertz CT molecular complexity index is 1160. The summed E-state index contributed by atoms with van der Waals surface area (Å²) in [5.41, 5.74) is 6.89. The largest absolute Gasteiger partial charge is 0.329 e. The van der Waals surface area contributed by atoms with E-state index in [4.69, 9.17) is 0 Å². The van der Waals surface area contributed by atoms with E-state index in [0.717, 1.165) is 24.1 Å². The number of hydrogen-bond donors (Lipinski definition) is 2. The number of nitrogens with zero attached hydrogens (tertiary/aromatic N) is 2. The predicted molar refractivity (Wildman–Crippen MR) is 105 cm³/mol. The van der Waals surface area contributed by atoms with Gasteiger partial charge in [-0.15, -0.1) is 0 Å². The van der Waals surface area contributed by atoms with E-state index in [1.165, 1.54) is 24.3 Å². The average molecular weight is 400 g/mol. The summed E-state index contributed by atoms with van der Waals surface area (Å²) in [5.74, 6) is -0.173. The van der Waals surface area contributed by atoms with Crippen LogP contribution in [0.3, 0.4) is 0 Å². The summed E-state index contributed by atoms with van der Waals surface area (Å²) in [6.45, 7) is 4.70. The van der Waals surface area contributed by atoms with E-state index in [1.54, 1.807) is 12.1 Å². The fourth-order valence-electron chi connectivity index (χ4n) is 2.90. The normalized spacial score (nSPS) is 11.4. The van der Waals surface area contributed by atoms with Gasteiger partial charge in [-0.25, -0.2) is 13.4 Å². The number of aryl methyl sites for hydroxylation is 2. The first-order valence-electron chi connectivity index (χ1n) is 8.58. The third kappa shape index (κ3) is 3.89. The Morgan fingerprint density at radius 1 is 1.00 bits per heavy atom. The molecule has 0 spiro atoms. The Morgan fingerprint density at radius 3 is 2.14 bits per heavy atom. The first-order chi connectivity index (χ1) is 13.2. The maximum Gasteiger partial charge on any atom is 0.269 e. The first kappa shape index (κ1) is 19.6. The third-order valence-corrected chi connectivity index (χ3v) is 5.48. The molecule has 146 valence electrons. The first-order valence-corrected chi connectivity index (χ1v) is 10.5. The highest BCUT2D eigenvalue weighted by Gasteiger charge is 2.13. The monoisotopic (exact) mass is 400 g/mol. The summed E-state index contributed by atoms with van der Waals surface area (Å²) < 4.78 is 25.0. The van der Waals surface area contributed by atoms with Gasteiger partial charge < -0.3 is 4.57 Å². The van der Waals surface area contributed by atoms with Crippen molar-refractivity contribution in [3.8, 4) is 0 Å². The molecule has 0 fully saturated rings. The van der Waals surface area contributed by atoms with E-state index < -0.39 is 21.7 Å². The van der Waals surface area contributed by atoms with Gasteiger partial charge in [-0.05, 0) is 56.3 Å². The molecule has 0 atom stereocenters. The zero-order valence-corrected chi connectivity index (χ0v) is 16.5. The number of fused-ring (bicyclic) bond motifs is 1. The number of benzene rings is 2. The van der Waals surface area contributed by atoms with Crippen LogP contribution >= 0.6 is 0 Å². The van der Waals surface area contributed by atoms with Gasteiger partial charge >= 0.3 is 0 Å². The maximum absolute atomic E-state index is 12.3. The molecule has 0 unspecified atom stereocenters. The fourth-order valence-corrected chi connectivity index (χ4v) is 3.53. The van der Waals surface area contributed by atoms with Gasteiger partial charge in [0.25, 0.3) is 11.8 Å². The van der Waals surface area contributed by atoms with Crippen molar-refractivity contribution in [2.75, 3.05) is 6.26 Å². The number of carbonyl (C=O) groups excluding carboxylic acids is 2. The lowest BCUT2D eigenvalue weighted by atomic mass is 10.2. The second-order valence-corrected chi connectivity index (χ2v) is 8.33. The molecular weight excluding hydrogens is 380 g/mol. The molecule has 3 aromatic rings. The number of rotatable bonds is 4. The molecule has 0 aliphatic carbocycles. The SMILES string of the molecule is CCn1c(C)nc2cc(C(=O)NNC(=O)c3ccc(S(C)(=O)=O)cc3)ccc21. The molecule has 0 bridgehead atoms. The standard InChI is InChI=1S/C19H20N4O4S/c1-4-23-12(2)20-16-11-14(7-10-17(16)23)19(25)22-21-18(24)13-5-8-15(9-6-13)28(3,26)27/h5-11H,4H2,1-3H3,(H,21,24)(H,22,25). The molecule has 0 aliphatic heterocycles. The smallest absolute Gasteiger partial charge is 0.269 e. The molecule has 9 heteroatoms. The third-order valence-electron chi connectivity index (χ3n) is 4.35. The summed E-state index contributed by atoms with van der Waals surface area (Å²) in [5, 5.41) is 0. The summed E-state index contributed by atoms with van der Waals surface area (Å²) >= 11 is 0. The lowest BCUT2D eigenvalue weighted by molar-refractivity contribution is 0.0846. The Labute approximate surface area is 162 Å². The number of sulfone groups is 1. The van der Waals surface area contributed by atoms with E-state index in [-0.39, 0.29) is 10.5 Å². The van der Waals surface area contributed by atoms with Crippen molar-refractivity contribution >= 4 is 32.7 Å². The quantitative estimate of drug-likeness (QED) is 0.650. The molecular formula is C19H20N4O4S. The van der Waals surface area contributed by atoms with Gasteiger partial charge in [0.2, 0.25) is 0 Å². The van der Waals surface area contributed by atoms with E-state index in [0.29, 0.717) is 11.1 Å². The van der Waals surface area contributed by atoms with Gasteiger partial charge in [-0.2, -0.15) is 0 Å². The van der Waals surface area contributed by atoms with Crippen LogP contribution in [0.4, 0.5) is 0 Å². The minimum Gasteiger partial charge on any atom is -0.329 e. The summed E-state index contributed by atoms with van der Waals surface area (Å²) in [4.78, 5) is 29.0. The van der Waals surface area contributed by atoms with Crippen molar-refractivity contribution < 1.29 is 18.0 Å². The van der Waals surface area contributed by atoms with Gasteiger partial charge in [0.1, 0.15) is 5.82 Å². The molecule has 1 aromatic heterocycles. The number of amides is 2. The van der Waals surface area contributed by atoms with Gasteiger partial charge in [0.15, 0.2) is 9.84 Å². The van der Waals surface area contributed by atoms with Crippen LogP contribution in [0.1, 0.15) is 33.5 Å². The second-order valence-electron chi connectivity index (χ2n) is 6.31. The van der Waals surface area contributed by atoms with Crippen LogP contribution in [0.15, 0.2) is 47.4 Å². The van der Waals surface area contributed by atoms with Crippen molar-refractivity contribution in [2.45, 2.75) is 25.3 Å². The number of nitrogens with one attached hydrogen (secondary N) is 2. The van der Waals surface area contributed by atoms with Crippen LogP contribution in [0.25, 0.3) is 11.0 Å². The van der Waals surface area contributed by atoms with Gasteiger partial charge in [0.05, 0.1) is 15.9 Å². The molecule has 2 amide bonds. The minimum absolute atomic E-state index is 0.114. The molecule has 0 saturated heterocycles. The highest BCUT2D eigenvalue weighted by Crippen LogP contribution is 2.17. The molecule has 8 nitrogen and oxygen atoms in total. The Kier molecular flexibility index (Phi) is 5.19. The van der Waals surface area contributed by atoms with Gasteiger partial charge in [-0.1, -0.05) is 0 Å². The molecule has 1 heterocycles.